The molecular weight excluding hydrogens is 187 g/mol. The molecular formula is C7H8F3NS. The Morgan fingerprint density at radius 1 is 1.42 bits per heavy atom. The first-order chi connectivity index (χ1) is 5.45. The third kappa shape index (κ3) is 1.77. The highest BCUT2D eigenvalue weighted by molar-refractivity contribution is 7.11. The van der Waals surface area contributed by atoms with Gasteiger partial charge in [0, 0.05) is 4.88 Å². The van der Waals surface area contributed by atoms with Gasteiger partial charge in [0.25, 0.3) is 0 Å². The molecule has 0 amide bonds. The first kappa shape index (κ1) is 9.51. The van der Waals surface area contributed by atoms with Crippen molar-refractivity contribution in [1.82, 2.24) is 4.98 Å². The van der Waals surface area contributed by atoms with Gasteiger partial charge in [-0.15, -0.1) is 11.3 Å². The molecule has 0 fully saturated rings. The first-order valence-electron chi connectivity index (χ1n) is 3.48. The van der Waals surface area contributed by atoms with E-state index in [1.165, 1.54) is 6.92 Å². The molecule has 68 valence electrons. The van der Waals surface area contributed by atoms with E-state index in [-0.39, 0.29) is 4.88 Å². The Morgan fingerprint density at radius 2 is 2.00 bits per heavy atom. The van der Waals surface area contributed by atoms with Crippen molar-refractivity contribution in [3.63, 3.8) is 0 Å². The van der Waals surface area contributed by atoms with Crippen molar-refractivity contribution in [2.75, 3.05) is 0 Å². The van der Waals surface area contributed by atoms with Crippen molar-refractivity contribution >= 4 is 11.3 Å². The maximum Gasteiger partial charge on any atom is 0.434 e. The van der Waals surface area contributed by atoms with Crippen LogP contribution in [0.3, 0.4) is 0 Å². The van der Waals surface area contributed by atoms with Crippen LogP contribution in [0.4, 0.5) is 13.2 Å². The van der Waals surface area contributed by atoms with E-state index >= 15 is 0 Å². The van der Waals surface area contributed by atoms with Crippen molar-refractivity contribution in [3.8, 4) is 0 Å². The van der Waals surface area contributed by atoms with Crippen LogP contribution >= 0.6 is 11.3 Å². The Kier molecular flexibility index (Phi) is 2.41. The Balaban J connectivity index is 3.08. The largest absolute Gasteiger partial charge is 0.434 e. The van der Waals surface area contributed by atoms with Gasteiger partial charge in [0.05, 0.1) is 5.01 Å². The van der Waals surface area contributed by atoms with Crippen LogP contribution in [0, 0.1) is 6.92 Å². The molecule has 1 nitrogen and oxygen atoms in total. The van der Waals surface area contributed by atoms with Gasteiger partial charge in [-0.25, -0.2) is 4.98 Å². The van der Waals surface area contributed by atoms with Crippen LogP contribution in [0.5, 0.6) is 0 Å². The summed E-state index contributed by atoms with van der Waals surface area (Å²) in [6.45, 7) is 3.23. The number of alkyl halides is 3. The van der Waals surface area contributed by atoms with Gasteiger partial charge >= 0.3 is 6.18 Å². The number of thiazole rings is 1. The third-order valence-electron chi connectivity index (χ3n) is 1.41. The molecule has 1 aromatic heterocycles. The average Bonchev–Trinajstić information content (AvgIpc) is 2.29. The van der Waals surface area contributed by atoms with Crippen LogP contribution in [-0.2, 0) is 12.6 Å². The van der Waals surface area contributed by atoms with Crippen LogP contribution in [0.25, 0.3) is 0 Å². The molecule has 1 rings (SSSR count). The molecule has 0 unspecified atom stereocenters. The third-order valence-corrected chi connectivity index (χ3v) is 2.53. The summed E-state index contributed by atoms with van der Waals surface area (Å²) in [5.74, 6) is 0. The molecule has 0 aliphatic carbocycles. The zero-order valence-electron chi connectivity index (χ0n) is 6.70. The highest BCUT2D eigenvalue weighted by atomic mass is 32.1. The summed E-state index contributed by atoms with van der Waals surface area (Å²) < 4.78 is 36.4. The number of rotatable bonds is 1. The smallest absolute Gasteiger partial charge is 0.236 e. The lowest BCUT2D eigenvalue weighted by atomic mass is 10.4. The van der Waals surface area contributed by atoms with Crippen molar-refractivity contribution in [3.05, 3.63) is 15.6 Å². The maximum atomic E-state index is 12.1. The van der Waals surface area contributed by atoms with Crippen molar-refractivity contribution < 1.29 is 13.2 Å². The van der Waals surface area contributed by atoms with E-state index in [1.807, 2.05) is 0 Å². The predicted octanol–water partition coefficient (Wildman–Crippen LogP) is 3.03. The summed E-state index contributed by atoms with van der Waals surface area (Å²) in [7, 11) is 0. The van der Waals surface area contributed by atoms with Gasteiger partial charge in [-0.1, -0.05) is 6.92 Å². The number of nitrogens with zero attached hydrogens (tertiary/aromatic N) is 1. The molecule has 0 spiro atoms. The minimum atomic E-state index is -4.30. The molecule has 0 radical (unpaired) electrons. The van der Waals surface area contributed by atoms with Gasteiger partial charge in [0.1, 0.15) is 0 Å². The summed E-state index contributed by atoms with van der Waals surface area (Å²) >= 11 is 1.11. The summed E-state index contributed by atoms with van der Waals surface area (Å²) in [6, 6.07) is 0. The van der Waals surface area contributed by atoms with E-state index in [1.54, 1.807) is 6.92 Å². The topological polar surface area (TPSA) is 12.9 Å². The second kappa shape index (κ2) is 3.05. The van der Waals surface area contributed by atoms with Crippen LogP contribution in [0.1, 0.15) is 22.5 Å². The lowest BCUT2D eigenvalue weighted by Gasteiger charge is -2.01. The molecule has 1 heterocycles. The maximum absolute atomic E-state index is 12.1. The highest BCUT2D eigenvalue weighted by Crippen LogP contribution is 2.33. The zero-order valence-corrected chi connectivity index (χ0v) is 7.51. The second-order valence-corrected chi connectivity index (χ2v) is 3.65. The van der Waals surface area contributed by atoms with E-state index in [2.05, 4.69) is 4.98 Å². The number of aromatic nitrogens is 1. The van der Waals surface area contributed by atoms with Crippen LogP contribution in [-0.4, -0.2) is 4.98 Å². The highest BCUT2D eigenvalue weighted by Gasteiger charge is 2.35. The molecule has 0 saturated heterocycles. The monoisotopic (exact) mass is 195 g/mol. The molecule has 0 bridgehead atoms. The first-order valence-corrected chi connectivity index (χ1v) is 4.30. The molecule has 1 aromatic rings. The van der Waals surface area contributed by atoms with Crippen molar-refractivity contribution in [2.45, 2.75) is 26.4 Å². The lowest BCUT2D eigenvalue weighted by molar-refractivity contribution is -0.141. The molecule has 5 heteroatoms. The Bertz CT molecular complexity index is 277. The molecule has 0 aliphatic heterocycles. The van der Waals surface area contributed by atoms with Crippen LogP contribution in [0.15, 0.2) is 0 Å². The van der Waals surface area contributed by atoms with E-state index < -0.39 is 11.9 Å². The molecule has 0 atom stereocenters. The molecule has 0 N–H and O–H groups in total. The SMILES string of the molecule is CCc1nc(C(F)(F)F)c(C)s1. The van der Waals surface area contributed by atoms with E-state index in [0.717, 1.165) is 11.3 Å². The number of halogens is 3. The summed E-state index contributed by atoms with van der Waals surface area (Å²) in [6.07, 6.45) is -3.74. The number of hydrogen-bond acceptors (Lipinski definition) is 2. The molecule has 0 aromatic carbocycles. The fourth-order valence-corrected chi connectivity index (χ4v) is 1.76. The minimum Gasteiger partial charge on any atom is -0.236 e. The quantitative estimate of drug-likeness (QED) is 0.671. The number of aryl methyl sites for hydroxylation is 2. The fourth-order valence-electron chi connectivity index (χ4n) is 0.866. The average molecular weight is 195 g/mol. The van der Waals surface area contributed by atoms with Crippen molar-refractivity contribution in [1.29, 1.82) is 0 Å². The fraction of sp³-hybridized carbons (Fsp3) is 0.571. The van der Waals surface area contributed by atoms with Gasteiger partial charge in [-0.2, -0.15) is 13.2 Å². The minimum absolute atomic E-state index is 0.249. The molecule has 12 heavy (non-hydrogen) atoms. The van der Waals surface area contributed by atoms with Gasteiger partial charge in [-0.3, -0.25) is 0 Å². The summed E-state index contributed by atoms with van der Waals surface area (Å²) in [5, 5.41) is 0.542. The molecule has 0 aliphatic rings. The van der Waals surface area contributed by atoms with Gasteiger partial charge in [0.15, 0.2) is 5.69 Å². The van der Waals surface area contributed by atoms with Crippen LogP contribution < -0.4 is 0 Å². The number of hydrogen-bond donors (Lipinski definition) is 0. The van der Waals surface area contributed by atoms with Gasteiger partial charge in [0.2, 0.25) is 0 Å². The summed E-state index contributed by atoms with van der Waals surface area (Å²) in [5.41, 5.74) is -0.732. The lowest BCUT2D eigenvalue weighted by Crippen LogP contribution is -2.07. The van der Waals surface area contributed by atoms with Gasteiger partial charge in [-0.05, 0) is 13.3 Å². The standard InChI is InChI=1S/C7H8F3NS/c1-3-5-11-6(4(2)12-5)7(8,9)10/h3H2,1-2H3. The normalized spacial score (nSPS) is 12.1. The van der Waals surface area contributed by atoms with Gasteiger partial charge < -0.3 is 0 Å². The second-order valence-electron chi connectivity index (χ2n) is 2.36. The van der Waals surface area contributed by atoms with E-state index in [0.29, 0.717) is 11.4 Å². The zero-order chi connectivity index (χ0) is 9.35. The Morgan fingerprint density at radius 3 is 2.25 bits per heavy atom. The van der Waals surface area contributed by atoms with E-state index in [4.69, 9.17) is 0 Å². The Hall–Kier alpha value is -0.580. The van der Waals surface area contributed by atoms with E-state index in [9.17, 15) is 13.2 Å². The van der Waals surface area contributed by atoms with Crippen LogP contribution in [0.2, 0.25) is 0 Å². The van der Waals surface area contributed by atoms with Crippen molar-refractivity contribution in [2.24, 2.45) is 0 Å². The predicted molar refractivity (Wildman–Crippen MR) is 41.2 cm³/mol. The Labute approximate surface area is 72.2 Å². The summed E-state index contributed by atoms with van der Waals surface area (Å²) in [4.78, 5) is 3.74. The molecule has 0 saturated carbocycles.